The Bertz CT molecular complexity index is 691. The second-order valence-corrected chi connectivity index (χ2v) is 5.76. The van der Waals surface area contributed by atoms with E-state index in [9.17, 15) is 9.50 Å². The van der Waals surface area contributed by atoms with E-state index in [0.29, 0.717) is 12.5 Å². The highest BCUT2D eigenvalue weighted by Crippen LogP contribution is 2.11. The average Bonchev–Trinajstić information content (AvgIpc) is 2.62. The maximum atomic E-state index is 13.1. The summed E-state index contributed by atoms with van der Waals surface area (Å²) in [5, 5.41) is 16.6. The summed E-state index contributed by atoms with van der Waals surface area (Å²) in [6.07, 6.45) is 3.40. The molecule has 0 saturated heterocycles. The molecule has 0 aliphatic carbocycles. The van der Waals surface area contributed by atoms with E-state index in [1.807, 2.05) is 19.9 Å². The van der Waals surface area contributed by atoms with Gasteiger partial charge in [-0.15, -0.1) is 0 Å². The Morgan fingerprint density at radius 3 is 2.68 bits per heavy atom. The molecule has 3 N–H and O–H groups in total. The average molecular weight is 344 g/mol. The lowest BCUT2D eigenvalue weighted by Crippen LogP contribution is -2.38. The Morgan fingerprint density at radius 1 is 1.24 bits per heavy atom. The van der Waals surface area contributed by atoms with Gasteiger partial charge in [0.05, 0.1) is 12.6 Å². The number of aromatic nitrogens is 1. The molecule has 1 heterocycles. The SMILES string of the molecule is CCNC(=NCC(O)c1ccncc1)NCCc1ccc(F)cc1C. The first kappa shape index (κ1) is 18.9. The number of hydrogen-bond acceptors (Lipinski definition) is 3. The van der Waals surface area contributed by atoms with Gasteiger partial charge in [0, 0.05) is 25.5 Å². The first-order chi connectivity index (χ1) is 12.1. The summed E-state index contributed by atoms with van der Waals surface area (Å²) < 4.78 is 13.1. The van der Waals surface area contributed by atoms with Gasteiger partial charge in [-0.3, -0.25) is 9.98 Å². The molecule has 5 nitrogen and oxygen atoms in total. The van der Waals surface area contributed by atoms with E-state index in [1.54, 1.807) is 30.6 Å². The molecule has 0 spiro atoms. The summed E-state index contributed by atoms with van der Waals surface area (Å²) in [7, 11) is 0. The van der Waals surface area contributed by atoms with Crippen LogP contribution >= 0.6 is 0 Å². The van der Waals surface area contributed by atoms with Crippen molar-refractivity contribution in [2.24, 2.45) is 4.99 Å². The summed E-state index contributed by atoms with van der Waals surface area (Å²) in [5.41, 5.74) is 2.83. The van der Waals surface area contributed by atoms with Gasteiger partial charge in [-0.1, -0.05) is 6.07 Å². The van der Waals surface area contributed by atoms with Gasteiger partial charge in [0.25, 0.3) is 0 Å². The number of guanidine groups is 1. The van der Waals surface area contributed by atoms with Crippen molar-refractivity contribution in [3.8, 4) is 0 Å². The van der Waals surface area contributed by atoms with Crippen LogP contribution < -0.4 is 10.6 Å². The van der Waals surface area contributed by atoms with E-state index in [-0.39, 0.29) is 12.4 Å². The monoisotopic (exact) mass is 344 g/mol. The third-order valence-electron chi connectivity index (χ3n) is 3.85. The molecule has 2 rings (SSSR count). The zero-order valence-electron chi connectivity index (χ0n) is 14.7. The minimum atomic E-state index is -0.669. The molecule has 0 radical (unpaired) electrons. The van der Waals surface area contributed by atoms with Gasteiger partial charge >= 0.3 is 0 Å². The number of nitrogens with zero attached hydrogens (tertiary/aromatic N) is 2. The van der Waals surface area contributed by atoms with Crippen LogP contribution in [0.4, 0.5) is 4.39 Å². The number of rotatable bonds is 7. The first-order valence-electron chi connectivity index (χ1n) is 8.45. The Kier molecular flexibility index (Phi) is 7.35. The Labute approximate surface area is 148 Å². The lowest BCUT2D eigenvalue weighted by atomic mass is 10.1. The summed E-state index contributed by atoms with van der Waals surface area (Å²) in [6, 6.07) is 8.38. The molecule has 25 heavy (non-hydrogen) atoms. The number of hydrogen-bond donors (Lipinski definition) is 3. The number of aliphatic imine (C=N–C) groups is 1. The highest BCUT2D eigenvalue weighted by Gasteiger charge is 2.07. The van der Waals surface area contributed by atoms with Crippen LogP contribution in [0.1, 0.15) is 29.7 Å². The third-order valence-corrected chi connectivity index (χ3v) is 3.85. The summed E-state index contributed by atoms with van der Waals surface area (Å²) in [6.45, 7) is 5.55. The number of aryl methyl sites for hydroxylation is 1. The fourth-order valence-electron chi connectivity index (χ4n) is 2.47. The number of aliphatic hydroxyl groups excluding tert-OH is 1. The molecule has 1 unspecified atom stereocenters. The van der Waals surface area contributed by atoms with Gasteiger partial charge in [-0.25, -0.2) is 4.39 Å². The summed E-state index contributed by atoms with van der Waals surface area (Å²) in [5.74, 6) is 0.435. The van der Waals surface area contributed by atoms with Crippen LogP contribution in [0.5, 0.6) is 0 Å². The first-order valence-corrected chi connectivity index (χ1v) is 8.45. The minimum Gasteiger partial charge on any atom is -0.386 e. The zero-order valence-corrected chi connectivity index (χ0v) is 14.7. The highest BCUT2D eigenvalue weighted by atomic mass is 19.1. The van der Waals surface area contributed by atoms with Crippen molar-refractivity contribution in [2.75, 3.05) is 19.6 Å². The lowest BCUT2D eigenvalue weighted by Gasteiger charge is -2.14. The molecule has 1 aromatic heterocycles. The second kappa shape index (κ2) is 9.74. The van der Waals surface area contributed by atoms with Crippen molar-refractivity contribution in [2.45, 2.75) is 26.4 Å². The minimum absolute atomic E-state index is 0.214. The molecule has 0 fully saturated rings. The molecule has 2 aromatic rings. The van der Waals surface area contributed by atoms with E-state index in [4.69, 9.17) is 0 Å². The normalized spacial score (nSPS) is 12.7. The van der Waals surface area contributed by atoms with Crippen LogP contribution in [-0.4, -0.2) is 35.7 Å². The van der Waals surface area contributed by atoms with Crippen LogP contribution in [0.15, 0.2) is 47.7 Å². The molecular weight excluding hydrogens is 319 g/mol. The van der Waals surface area contributed by atoms with Crippen molar-refractivity contribution in [1.29, 1.82) is 0 Å². The topological polar surface area (TPSA) is 69.5 Å². The molecule has 0 aliphatic rings. The Morgan fingerprint density at radius 2 is 2.00 bits per heavy atom. The lowest BCUT2D eigenvalue weighted by molar-refractivity contribution is 0.187. The Hall–Kier alpha value is -2.47. The molecule has 6 heteroatoms. The van der Waals surface area contributed by atoms with Crippen LogP contribution in [0.2, 0.25) is 0 Å². The third kappa shape index (κ3) is 6.15. The van der Waals surface area contributed by atoms with E-state index in [1.165, 1.54) is 6.07 Å². The number of benzene rings is 1. The van der Waals surface area contributed by atoms with Crippen LogP contribution in [-0.2, 0) is 6.42 Å². The maximum Gasteiger partial charge on any atom is 0.191 e. The number of halogens is 1. The van der Waals surface area contributed by atoms with Gasteiger partial charge in [-0.2, -0.15) is 0 Å². The van der Waals surface area contributed by atoms with Crippen LogP contribution in [0, 0.1) is 12.7 Å². The standard InChI is InChI=1S/C19H25FN4O/c1-3-22-19(24-13-18(25)16-6-9-21-10-7-16)23-11-8-15-4-5-17(20)12-14(15)2/h4-7,9-10,12,18,25H,3,8,11,13H2,1-2H3,(H2,22,23,24). The predicted molar refractivity (Wildman–Crippen MR) is 98.0 cm³/mol. The fourth-order valence-corrected chi connectivity index (χ4v) is 2.47. The maximum absolute atomic E-state index is 13.1. The largest absolute Gasteiger partial charge is 0.386 e. The van der Waals surface area contributed by atoms with Crippen LogP contribution in [0.25, 0.3) is 0 Å². The van der Waals surface area contributed by atoms with Crippen molar-refractivity contribution < 1.29 is 9.50 Å². The summed E-state index contributed by atoms with van der Waals surface area (Å²) in [4.78, 5) is 8.36. The second-order valence-electron chi connectivity index (χ2n) is 5.76. The molecular formula is C19H25FN4O. The van der Waals surface area contributed by atoms with E-state index >= 15 is 0 Å². The number of nitrogens with one attached hydrogen (secondary N) is 2. The van der Waals surface area contributed by atoms with Crippen molar-refractivity contribution in [1.82, 2.24) is 15.6 Å². The van der Waals surface area contributed by atoms with Gasteiger partial charge in [0.2, 0.25) is 0 Å². The van der Waals surface area contributed by atoms with Gasteiger partial charge in [0.1, 0.15) is 5.82 Å². The summed E-state index contributed by atoms with van der Waals surface area (Å²) >= 11 is 0. The van der Waals surface area contributed by atoms with E-state index in [0.717, 1.165) is 29.7 Å². The number of pyridine rings is 1. The van der Waals surface area contributed by atoms with Crippen molar-refractivity contribution >= 4 is 5.96 Å². The smallest absolute Gasteiger partial charge is 0.191 e. The van der Waals surface area contributed by atoms with Crippen molar-refractivity contribution in [3.05, 3.63) is 65.2 Å². The van der Waals surface area contributed by atoms with Crippen LogP contribution in [0.3, 0.4) is 0 Å². The Balaban J connectivity index is 1.89. The predicted octanol–water partition coefficient (Wildman–Crippen LogP) is 2.36. The molecule has 0 amide bonds. The molecule has 1 aromatic carbocycles. The van der Waals surface area contributed by atoms with Gasteiger partial charge in [-0.05, 0) is 61.2 Å². The highest BCUT2D eigenvalue weighted by molar-refractivity contribution is 5.79. The molecule has 134 valence electrons. The zero-order chi connectivity index (χ0) is 18.1. The fraction of sp³-hybridized carbons (Fsp3) is 0.368. The van der Waals surface area contributed by atoms with Gasteiger partial charge < -0.3 is 15.7 Å². The van der Waals surface area contributed by atoms with E-state index in [2.05, 4.69) is 20.6 Å². The molecule has 0 aliphatic heterocycles. The van der Waals surface area contributed by atoms with Crippen molar-refractivity contribution in [3.63, 3.8) is 0 Å². The van der Waals surface area contributed by atoms with E-state index < -0.39 is 6.10 Å². The molecule has 1 atom stereocenters. The molecule has 0 saturated carbocycles. The molecule has 0 bridgehead atoms. The number of aliphatic hydroxyl groups is 1. The quantitative estimate of drug-likeness (QED) is 0.533. The van der Waals surface area contributed by atoms with Gasteiger partial charge in [0.15, 0.2) is 5.96 Å².